The van der Waals surface area contributed by atoms with Crippen LogP contribution in [0.15, 0.2) is 24.3 Å². The molecule has 0 saturated carbocycles. The smallest absolute Gasteiger partial charge is 0.313 e. The number of ether oxygens (including phenoxy) is 1. The standard InChI is InChI=1S/C15H20ClNO2/c1-15(14(18)19-3)10-17(2)9-8-13(15)11-4-6-12(16)7-5-11/h4-7,13H,8-10H2,1-3H3. The van der Waals surface area contributed by atoms with E-state index < -0.39 is 5.41 Å². The lowest BCUT2D eigenvalue weighted by molar-refractivity contribution is -0.156. The fraction of sp³-hybridized carbons (Fsp3) is 0.533. The van der Waals surface area contributed by atoms with Crippen LogP contribution in [0, 0.1) is 5.41 Å². The summed E-state index contributed by atoms with van der Waals surface area (Å²) in [6.45, 7) is 3.70. The van der Waals surface area contributed by atoms with Crippen molar-refractivity contribution in [3.63, 3.8) is 0 Å². The molecular weight excluding hydrogens is 262 g/mol. The molecule has 1 aromatic carbocycles. The van der Waals surface area contributed by atoms with E-state index >= 15 is 0 Å². The van der Waals surface area contributed by atoms with E-state index in [9.17, 15) is 4.79 Å². The molecule has 1 fully saturated rings. The van der Waals surface area contributed by atoms with Gasteiger partial charge < -0.3 is 9.64 Å². The predicted octanol–water partition coefficient (Wildman–Crippen LogP) is 2.94. The summed E-state index contributed by atoms with van der Waals surface area (Å²) in [5, 5.41) is 0.719. The molecule has 3 nitrogen and oxygen atoms in total. The molecule has 1 saturated heterocycles. The second-order valence-electron chi connectivity index (χ2n) is 5.54. The van der Waals surface area contributed by atoms with Gasteiger partial charge in [-0.25, -0.2) is 0 Å². The van der Waals surface area contributed by atoms with E-state index in [0.29, 0.717) is 6.54 Å². The molecular formula is C15H20ClNO2. The average molecular weight is 282 g/mol. The van der Waals surface area contributed by atoms with Gasteiger partial charge in [0.05, 0.1) is 12.5 Å². The third kappa shape index (κ3) is 2.77. The summed E-state index contributed by atoms with van der Waals surface area (Å²) in [5.41, 5.74) is 0.653. The van der Waals surface area contributed by atoms with Crippen LogP contribution in [-0.4, -0.2) is 38.1 Å². The van der Waals surface area contributed by atoms with Crippen molar-refractivity contribution in [3.8, 4) is 0 Å². The Bertz CT molecular complexity index is 460. The van der Waals surface area contributed by atoms with Crippen LogP contribution in [0.4, 0.5) is 0 Å². The minimum atomic E-state index is -0.504. The van der Waals surface area contributed by atoms with Crippen LogP contribution >= 0.6 is 11.6 Å². The van der Waals surface area contributed by atoms with Crippen LogP contribution in [-0.2, 0) is 9.53 Å². The molecule has 1 aliphatic heterocycles. The molecule has 1 aliphatic rings. The Kier molecular flexibility index (Phi) is 4.16. The summed E-state index contributed by atoms with van der Waals surface area (Å²) >= 11 is 5.93. The number of rotatable bonds is 2. The Morgan fingerprint density at radius 3 is 2.63 bits per heavy atom. The lowest BCUT2D eigenvalue weighted by Crippen LogP contribution is -2.49. The zero-order valence-electron chi connectivity index (χ0n) is 11.6. The normalized spacial score (nSPS) is 28.1. The lowest BCUT2D eigenvalue weighted by atomic mass is 9.69. The Morgan fingerprint density at radius 2 is 2.05 bits per heavy atom. The number of methoxy groups -OCH3 is 1. The SMILES string of the molecule is COC(=O)C1(C)CN(C)CCC1c1ccc(Cl)cc1. The van der Waals surface area contributed by atoms with Gasteiger partial charge >= 0.3 is 5.97 Å². The fourth-order valence-electron chi connectivity index (χ4n) is 3.09. The Labute approximate surface area is 119 Å². The van der Waals surface area contributed by atoms with Gasteiger partial charge in [0.2, 0.25) is 0 Å². The largest absolute Gasteiger partial charge is 0.469 e. The first kappa shape index (κ1) is 14.4. The van der Waals surface area contributed by atoms with Gasteiger partial charge in [0.25, 0.3) is 0 Å². The maximum atomic E-state index is 12.2. The molecule has 0 amide bonds. The number of carbonyl (C=O) groups excluding carboxylic acids is 1. The summed E-state index contributed by atoms with van der Waals surface area (Å²) in [6, 6.07) is 7.79. The molecule has 19 heavy (non-hydrogen) atoms. The fourth-order valence-corrected chi connectivity index (χ4v) is 3.21. The van der Waals surface area contributed by atoms with E-state index in [2.05, 4.69) is 4.90 Å². The summed E-state index contributed by atoms with van der Waals surface area (Å²) in [5.74, 6) is 0.0346. The molecule has 0 radical (unpaired) electrons. The molecule has 0 aliphatic carbocycles. The van der Waals surface area contributed by atoms with Crippen molar-refractivity contribution < 1.29 is 9.53 Å². The molecule has 2 unspecified atom stereocenters. The van der Waals surface area contributed by atoms with Crippen molar-refractivity contribution in [2.75, 3.05) is 27.2 Å². The van der Waals surface area contributed by atoms with Crippen molar-refractivity contribution in [1.82, 2.24) is 4.90 Å². The van der Waals surface area contributed by atoms with Gasteiger partial charge in [0, 0.05) is 17.5 Å². The Balaban J connectivity index is 2.35. The summed E-state index contributed by atoms with van der Waals surface area (Å²) in [6.07, 6.45) is 0.948. The number of benzene rings is 1. The predicted molar refractivity (Wildman–Crippen MR) is 76.4 cm³/mol. The van der Waals surface area contributed by atoms with Gasteiger partial charge in [0.1, 0.15) is 0 Å². The highest BCUT2D eigenvalue weighted by Gasteiger charge is 2.46. The van der Waals surface area contributed by atoms with Crippen LogP contribution in [0.1, 0.15) is 24.8 Å². The third-order valence-corrected chi connectivity index (χ3v) is 4.34. The monoisotopic (exact) mass is 281 g/mol. The van der Waals surface area contributed by atoms with E-state index in [0.717, 1.165) is 23.6 Å². The summed E-state index contributed by atoms with van der Waals surface area (Å²) in [4.78, 5) is 14.4. The van der Waals surface area contributed by atoms with Crippen molar-refractivity contribution >= 4 is 17.6 Å². The molecule has 2 rings (SSSR count). The van der Waals surface area contributed by atoms with E-state index in [4.69, 9.17) is 16.3 Å². The average Bonchev–Trinajstić information content (AvgIpc) is 2.39. The minimum absolute atomic E-state index is 0.140. The number of esters is 1. The first-order chi connectivity index (χ1) is 8.97. The van der Waals surface area contributed by atoms with E-state index in [1.807, 2.05) is 38.2 Å². The van der Waals surface area contributed by atoms with Gasteiger partial charge in [-0.15, -0.1) is 0 Å². The van der Waals surface area contributed by atoms with Crippen LogP contribution in [0.25, 0.3) is 0 Å². The first-order valence-electron chi connectivity index (χ1n) is 6.50. The zero-order chi connectivity index (χ0) is 14.0. The maximum absolute atomic E-state index is 12.2. The van der Waals surface area contributed by atoms with E-state index in [-0.39, 0.29) is 11.9 Å². The minimum Gasteiger partial charge on any atom is -0.469 e. The highest BCUT2D eigenvalue weighted by molar-refractivity contribution is 6.30. The molecule has 4 heteroatoms. The van der Waals surface area contributed by atoms with Crippen molar-refractivity contribution in [2.45, 2.75) is 19.3 Å². The second-order valence-corrected chi connectivity index (χ2v) is 5.98. The van der Waals surface area contributed by atoms with Crippen LogP contribution in [0.2, 0.25) is 5.02 Å². The molecule has 0 N–H and O–H groups in total. The van der Waals surface area contributed by atoms with Gasteiger partial charge in [-0.2, -0.15) is 0 Å². The molecule has 0 spiro atoms. The quantitative estimate of drug-likeness (QED) is 0.781. The molecule has 2 atom stereocenters. The molecule has 1 heterocycles. The second kappa shape index (κ2) is 5.51. The van der Waals surface area contributed by atoms with Crippen molar-refractivity contribution in [2.24, 2.45) is 5.41 Å². The molecule has 1 aromatic rings. The van der Waals surface area contributed by atoms with Gasteiger partial charge in [-0.1, -0.05) is 23.7 Å². The number of hydrogen-bond donors (Lipinski definition) is 0. The molecule has 104 valence electrons. The number of halogens is 1. The van der Waals surface area contributed by atoms with E-state index in [1.54, 1.807) is 0 Å². The first-order valence-corrected chi connectivity index (χ1v) is 6.87. The Hall–Kier alpha value is -1.06. The number of carbonyl (C=O) groups is 1. The van der Waals surface area contributed by atoms with E-state index in [1.165, 1.54) is 7.11 Å². The van der Waals surface area contributed by atoms with Crippen molar-refractivity contribution in [3.05, 3.63) is 34.9 Å². The van der Waals surface area contributed by atoms with Gasteiger partial charge in [-0.05, 0) is 44.6 Å². The van der Waals surface area contributed by atoms with Gasteiger partial charge in [-0.3, -0.25) is 4.79 Å². The summed E-state index contributed by atoms with van der Waals surface area (Å²) < 4.78 is 5.02. The topological polar surface area (TPSA) is 29.5 Å². The highest BCUT2D eigenvalue weighted by atomic mass is 35.5. The van der Waals surface area contributed by atoms with Crippen molar-refractivity contribution in [1.29, 1.82) is 0 Å². The number of likely N-dealkylation sites (tertiary alicyclic amines) is 1. The number of nitrogens with zero attached hydrogens (tertiary/aromatic N) is 1. The molecule has 0 bridgehead atoms. The molecule has 0 aromatic heterocycles. The van der Waals surface area contributed by atoms with Crippen LogP contribution < -0.4 is 0 Å². The van der Waals surface area contributed by atoms with Crippen LogP contribution in [0.3, 0.4) is 0 Å². The Morgan fingerprint density at radius 1 is 1.42 bits per heavy atom. The zero-order valence-corrected chi connectivity index (χ0v) is 12.4. The summed E-state index contributed by atoms with van der Waals surface area (Å²) in [7, 11) is 3.50. The highest BCUT2D eigenvalue weighted by Crippen LogP contribution is 2.43. The maximum Gasteiger partial charge on any atom is 0.313 e. The van der Waals surface area contributed by atoms with Crippen LogP contribution in [0.5, 0.6) is 0 Å². The third-order valence-electron chi connectivity index (χ3n) is 4.09. The van der Waals surface area contributed by atoms with Gasteiger partial charge in [0.15, 0.2) is 0 Å². The number of hydrogen-bond acceptors (Lipinski definition) is 3. The number of piperidine rings is 1. The lowest BCUT2D eigenvalue weighted by Gasteiger charge is -2.43.